The van der Waals surface area contributed by atoms with Gasteiger partial charge in [0.05, 0.1) is 39.8 Å². The van der Waals surface area contributed by atoms with E-state index in [9.17, 15) is 15.2 Å². The van der Waals surface area contributed by atoms with Gasteiger partial charge < -0.3 is 24.1 Å². The second-order valence-corrected chi connectivity index (χ2v) is 5.53. The maximum Gasteiger partial charge on any atom is 0.251 e. The summed E-state index contributed by atoms with van der Waals surface area (Å²) in [4.78, 5) is 11.0. The predicted molar refractivity (Wildman–Crippen MR) is 99.4 cm³/mol. The summed E-state index contributed by atoms with van der Waals surface area (Å²) in [5.74, 6) is 1.44. The van der Waals surface area contributed by atoms with Crippen molar-refractivity contribution in [3.63, 3.8) is 0 Å². The standard InChI is InChI=1S/C19H21NO7/c1-24-16-6-5-12(9-15(16)21)7-14(20(22)23)8-13-10-17(25-2)19(27-4)18(11-13)26-3/h5-7,9-11,21H,8H2,1-4H3/b14-7+. The molecular weight excluding hydrogens is 354 g/mol. The first-order chi connectivity index (χ1) is 12.9. The van der Waals surface area contributed by atoms with Crippen molar-refractivity contribution in [1.29, 1.82) is 0 Å². The number of benzene rings is 2. The Balaban J connectivity index is 2.42. The van der Waals surface area contributed by atoms with Gasteiger partial charge in [-0.15, -0.1) is 0 Å². The number of methoxy groups -OCH3 is 4. The highest BCUT2D eigenvalue weighted by molar-refractivity contribution is 5.58. The molecule has 8 heteroatoms. The summed E-state index contributed by atoms with van der Waals surface area (Å²) < 4.78 is 20.8. The van der Waals surface area contributed by atoms with Crippen LogP contribution in [0, 0.1) is 10.1 Å². The number of nitrogens with zero attached hydrogens (tertiary/aromatic N) is 1. The number of phenolic OH excluding ortho intramolecular Hbond substituents is 1. The van der Waals surface area contributed by atoms with Crippen LogP contribution in [0.3, 0.4) is 0 Å². The minimum Gasteiger partial charge on any atom is -0.504 e. The second kappa shape index (κ2) is 8.79. The normalized spacial score (nSPS) is 11.0. The van der Waals surface area contributed by atoms with Crippen molar-refractivity contribution in [2.24, 2.45) is 0 Å². The van der Waals surface area contributed by atoms with Crippen LogP contribution in [0.25, 0.3) is 6.08 Å². The lowest BCUT2D eigenvalue weighted by molar-refractivity contribution is -0.425. The minimum atomic E-state index is -0.468. The Bertz CT molecular complexity index is 836. The van der Waals surface area contributed by atoms with E-state index in [1.54, 1.807) is 18.2 Å². The number of hydrogen-bond donors (Lipinski definition) is 1. The van der Waals surface area contributed by atoms with Gasteiger partial charge in [-0.3, -0.25) is 10.1 Å². The topological polar surface area (TPSA) is 100 Å². The third kappa shape index (κ3) is 4.60. The maximum absolute atomic E-state index is 11.5. The Morgan fingerprint density at radius 1 is 1.00 bits per heavy atom. The molecule has 144 valence electrons. The number of rotatable bonds is 8. The fraction of sp³-hybridized carbons (Fsp3) is 0.263. The molecule has 0 aromatic heterocycles. The summed E-state index contributed by atoms with van der Waals surface area (Å²) >= 11 is 0. The Kier molecular flexibility index (Phi) is 6.48. The van der Waals surface area contributed by atoms with Gasteiger partial charge in [-0.25, -0.2) is 0 Å². The molecule has 0 fully saturated rings. The van der Waals surface area contributed by atoms with E-state index >= 15 is 0 Å². The lowest BCUT2D eigenvalue weighted by atomic mass is 10.1. The van der Waals surface area contributed by atoms with Gasteiger partial charge in [0.1, 0.15) is 0 Å². The number of allylic oxidation sites excluding steroid dienone is 1. The molecule has 0 aliphatic heterocycles. The lowest BCUT2D eigenvalue weighted by Crippen LogP contribution is -2.04. The first kappa shape index (κ1) is 19.9. The van der Waals surface area contributed by atoms with E-state index in [2.05, 4.69) is 0 Å². The monoisotopic (exact) mass is 375 g/mol. The number of ether oxygens (including phenoxy) is 4. The summed E-state index contributed by atoms with van der Waals surface area (Å²) in [6.07, 6.45) is 1.42. The van der Waals surface area contributed by atoms with Crippen LogP contribution in [-0.4, -0.2) is 38.5 Å². The Hall–Kier alpha value is -3.42. The zero-order chi connectivity index (χ0) is 20.0. The molecule has 2 rings (SSSR count). The van der Waals surface area contributed by atoms with E-state index in [1.807, 2.05) is 0 Å². The molecule has 0 radical (unpaired) electrons. The molecule has 0 saturated heterocycles. The van der Waals surface area contributed by atoms with Crippen LogP contribution in [-0.2, 0) is 6.42 Å². The van der Waals surface area contributed by atoms with Crippen LogP contribution in [0.4, 0.5) is 0 Å². The van der Waals surface area contributed by atoms with E-state index in [0.717, 1.165) is 0 Å². The van der Waals surface area contributed by atoms with Crippen LogP contribution in [0.5, 0.6) is 28.7 Å². The second-order valence-electron chi connectivity index (χ2n) is 5.53. The molecule has 27 heavy (non-hydrogen) atoms. The van der Waals surface area contributed by atoms with Crippen LogP contribution >= 0.6 is 0 Å². The summed E-state index contributed by atoms with van der Waals surface area (Å²) in [5.41, 5.74) is 1.03. The molecule has 0 amide bonds. The van der Waals surface area contributed by atoms with E-state index in [-0.39, 0.29) is 17.9 Å². The van der Waals surface area contributed by atoms with Crippen LogP contribution < -0.4 is 18.9 Å². The smallest absolute Gasteiger partial charge is 0.251 e. The molecule has 2 aromatic rings. The highest BCUT2D eigenvalue weighted by atomic mass is 16.6. The summed E-state index contributed by atoms with van der Waals surface area (Å²) in [7, 11) is 5.87. The van der Waals surface area contributed by atoms with Crippen LogP contribution in [0.2, 0.25) is 0 Å². The van der Waals surface area contributed by atoms with Gasteiger partial charge in [-0.05, 0) is 35.4 Å². The SMILES string of the molecule is COc1ccc(/C=C(\Cc2cc(OC)c(OC)c(OC)c2)[N+](=O)[O-])cc1O. The molecule has 0 aliphatic rings. The highest BCUT2D eigenvalue weighted by Crippen LogP contribution is 2.38. The number of phenols is 1. The maximum atomic E-state index is 11.5. The molecule has 0 saturated carbocycles. The fourth-order valence-electron chi connectivity index (χ4n) is 2.60. The van der Waals surface area contributed by atoms with Crippen molar-refractivity contribution in [2.45, 2.75) is 6.42 Å². The van der Waals surface area contributed by atoms with Crippen molar-refractivity contribution in [2.75, 3.05) is 28.4 Å². The molecule has 2 aromatic carbocycles. The predicted octanol–water partition coefficient (Wildman–Crippen LogP) is 3.29. The molecule has 0 aliphatic carbocycles. The van der Waals surface area contributed by atoms with Crippen molar-refractivity contribution in [3.8, 4) is 28.7 Å². The van der Waals surface area contributed by atoms with Crippen molar-refractivity contribution < 1.29 is 29.0 Å². The number of hydrogen-bond acceptors (Lipinski definition) is 7. The van der Waals surface area contributed by atoms with E-state index in [0.29, 0.717) is 34.1 Å². The Morgan fingerprint density at radius 2 is 1.59 bits per heavy atom. The molecule has 8 nitrogen and oxygen atoms in total. The van der Waals surface area contributed by atoms with Gasteiger partial charge in [0, 0.05) is 6.08 Å². The first-order valence-corrected chi connectivity index (χ1v) is 7.94. The molecule has 0 heterocycles. The summed E-state index contributed by atoms with van der Waals surface area (Å²) in [6.45, 7) is 0. The average Bonchev–Trinajstić information content (AvgIpc) is 2.66. The lowest BCUT2D eigenvalue weighted by Gasteiger charge is -2.13. The van der Waals surface area contributed by atoms with Gasteiger partial charge in [0.15, 0.2) is 23.0 Å². The number of aromatic hydroxyl groups is 1. The fourth-order valence-corrected chi connectivity index (χ4v) is 2.60. The van der Waals surface area contributed by atoms with Gasteiger partial charge >= 0.3 is 0 Å². The zero-order valence-electron chi connectivity index (χ0n) is 15.5. The van der Waals surface area contributed by atoms with Crippen molar-refractivity contribution >= 4 is 6.08 Å². The minimum absolute atomic E-state index is 0.0243. The highest BCUT2D eigenvalue weighted by Gasteiger charge is 2.18. The first-order valence-electron chi connectivity index (χ1n) is 7.94. The zero-order valence-corrected chi connectivity index (χ0v) is 15.5. The molecule has 0 spiro atoms. The van der Waals surface area contributed by atoms with E-state index in [1.165, 1.54) is 46.6 Å². The quantitative estimate of drug-likeness (QED) is 0.558. The summed E-state index contributed by atoms with van der Waals surface area (Å²) in [6, 6.07) is 7.88. The third-order valence-electron chi connectivity index (χ3n) is 3.88. The molecule has 0 bridgehead atoms. The van der Waals surface area contributed by atoms with Crippen molar-refractivity contribution in [3.05, 3.63) is 57.3 Å². The summed E-state index contributed by atoms with van der Waals surface area (Å²) in [5, 5.41) is 21.4. The Morgan fingerprint density at radius 3 is 2.04 bits per heavy atom. The van der Waals surface area contributed by atoms with Crippen LogP contribution in [0.1, 0.15) is 11.1 Å². The van der Waals surface area contributed by atoms with Crippen LogP contribution in [0.15, 0.2) is 36.0 Å². The number of nitro groups is 1. The molecule has 0 unspecified atom stereocenters. The van der Waals surface area contributed by atoms with Gasteiger partial charge in [-0.1, -0.05) is 6.07 Å². The van der Waals surface area contributed by atoms with Gasteiger partial charge in [-0.2, -0.15) is 0 Å². The molecule has 1 N–H and O–H groups in total. The van der Waals surface area contributed by atoms with Gasteiger partial charge in [0.2, 0.25) is 5.75 Å². The largest absolute Gasteiger partial charge is 0.504 e. The molecular formula is C19H21NO7. The van der Waals surface area contributed by atoms with E-state index in [4.69, 9.17) is 18.9 Å². The van der Waals surface area contributed by atoms with Gasteiger partial charge in [0.25, 0.3) is 5.70 Å². The third-order valence-corrected chi connectivity index (χ3v) is 3.88. The van der Waals surface area contributed by atoms with E-state index < -0.39 is 4.92 Å². The van der Waals surface area contributed by atoms with Crippen molar-refractivity contribution in [1.82, 2.24) is 0 Å². The molecule has 0 atom stereocenters. The average molecular weight is 375 g/mol. The Labute approximate surface area is 156 Å².